The van der Waals surface area contributed by atoms with E-state index in [0.717, 1.165) is 44.7 Å². The highest BCUT2D eigenvalue weighted by Gasteiger charge is 2.20. The second-order valence-electron chi connectivity index (χ2n) is 6.03. The van der Waals surface area contributed by atoms with Crippen LogP contribution in [0.15, 0.2) is 18.3 Å². The maximum absolute atomic E-state index is 12.3. The highest BCUT2D eigenvalue weighted by Crippen LogP contribution is 2.13. The lowest BCUT2D eigenvalue weighted by atomic mass is 10.0. The number of nitrogens with zero attached hydrogens (tertiary/aromatic N) is 2. The van der Waals surface area contributed by atoms with E-state index in [1.165, 1.54) is 0 Å². The van der Waals surface area contributed by atoms with E-state index in [1.807, 2.05) is 12.1 Å². The van der Waals surface area contributed by atoms with Crippen molar-refractivity contribution in [1.29, 1.82) is 0 Å². The predicted octanol–water partition coefficient (Wildman–Crippen LogP) is 3.03. The van der Waals surface area contributed by atoms with Gasteiger partial charge in [-0.05, 0) is 51.8 Å². The number of nitrogens with one attached hydrogen (secondary N) is 2. The molecular formula is C17H30Cl2N4O. The van der Waals surface area contributed by atoms with Crippen molar-refractivity contribution in [3.05, 3.63) is 23.9 Å². The third-order valence-electron chi connectivity index (χ3n) is 4.17. The maximum atomic E-state index is 12.3. The fourth-order valence-corrected chi connectivity index (χ4v) is 2.94. The van der Waals surface area contributed by atoms with Gasteiger partial charge in [-0.25, -0.2) is 4.98 Å². The number of pyridine rings is 1. The van der Waals surface area contributed by atoms with E-state index >= 15 is 0 Å². The summed E-state index contributed by atoms with van der Waals surface area (Å²) in [5.74, 6) is 0.924. The molecule has 1 saturated heterocycles. The van der Waals surface area contributed by atoms with Gasteiger partial charge in [-0.1, -0.05) is 6.92 Å². The number of aromatic nitrogens is 1. The molecule has 0 spiro atoms. The van der Waals surface area contributed by atoms with Gasteiger partial charge in [0.15, 0.2) is 0 Å². The van der Waals surface area contributed by atoms with E-state index in [0.29, 0.717) is 11.6 Å². The zero-order valence-corrected chi connectivity index (χ0v) is 16.4. The van der Waals surface area contributed by atoms with Crippen LogP contribution in [0.4, 0.5) is 5.82 Å². The molecule has 1 amide bonds. The largest absolute Gasteiger partial charge is 0.357 e. The smallest absolute Gasteiger partial charge is 0.253 e. The zero-order valence-electron chi connectivity index (χ0n) is 14.7. The topological polar surface area (TPSA) is 57.3 Å². The van der Waals surface area contributed by atoms with Crippen LogP contribution in [0, 0.1) is 0 Å². The Bertz CT molecular complexity index is 484. The molecule has 0 aromatic carbocycles. The molecule has 1 aliphatic rings. The van der Waals surface area contributed by atoms with Crippen LogP contribution in [0.2, 0.25) is 0 Å². The average Bonchev–Trinajstić information content (AvgIpc) is 2.53. The lowest BCUT2D eigenvalue weighted by Crippen LogP contribution is -2.46. The van der Waals surface area contributed by atoms with Crippen LogP contribution < -0.4 is 15.5 Å². The van der Waals surface area contributed by atoms with Gasteiger partial charge in [0.05, 0.1) is 5.56 Å². The van der Waals surface area contributed by atoms with Crippen LogP contribution in [-0.2, 0) is 0 Å². The van der Waals surface area contributed by atoms with Crippen LogP contribution in [0.1, 0.15) is 50.4 Å². The molecule has 138 valence electrons. The Balaban J connectivity index is 0.00000264. The summed E-state index contributed by atoms with van der Waals surface area (Å²) in [6.07, 6.45) is 4.75. The lowest BCUT2D eigenvalue weighted by molar-refractivity contribution is 0.0925. The zero-order chi connectivity index (χ0) is 15.9. The number of amides is 1. The third kappa shape index (κ3) is 6.46. The Morgan fingerprint density at radius 1 is 1.38 bits per heavy atom. The van der Waals surface area contributed by atoms with E-state index in [4.69, 9.17) is 0 Å². The molecule has 1 aromatic rings. The fraction of sp³-hybridized carbons (Fsp3) is 0.647. The number of anilines is 1. The molecule has 7 heteroatoms. The van der Waals surface area contributed by atoms with Gasteiger partial charge in [-0.15, -0.1) is 24.8 Å². The number of halogens is 2. The summed E-state index contributed by atoms with van der Waals surface area (Å²) in [6, 6.07) is 4.54. The van der Waals surface area contributed by atoms with E-state index in [9.17, 15) is 4.79 Å². The van der Waals surface area contributed by atoms with E-state index < -0.39 is 0 Å². The highest BCUT2D eigenvalue weighted by molar-refractivity contribution is 5.94. The van der Waals surface area contributed by atoms with Gasteiger partial charge in [0, 0.05) is 31.4 Å². The number of piperidine rings is 1. The summed E-state index contributed by atoms with van der Waals surface area (Å²) in [6.45, 7) is 9.32. The second kappa shape index (κ2) is 11.5. The summed E-state index contributed by atoms with van der Waals surface area (Å²) in [4.78, 5) is 19.0. The summed E-state index contributed by atoms with van der Waals surface area (Å²) in [7, 11) is 0. The minimum Gasteiger partial charge on any atom is -0.357 e. The molecule has 0 bridgehead atoms. The molecule has 1 fully saturated rings. The molecular weight excluding hydrogens is 347 g/mol. The standard InChI is InChI=1S/C17H28N4O.2ClH/c1-4-10-21(5-2)16-7-6-14(12-19-16)17(22)20-15-8-9-18-13(3)11-15;;/h6-7,12-13,15,18H,4-5,8-11H2,1-3H3,(H,20,22);2*1H. The van der Waals surface area contributed by atoms with Crippen LogP contribution in [-0.4, -0.2) is 42.6 Å². The Hall–Kier alpha value is -1.04. The minimum atomic E-state index is -0.0170. The molecule has 5 nitrogen and oxygen atoms in total. The summed E-state index contributed by atoms with van der Waals surface area (Å²) < 4.78 is 0. The predicted molar refractivity (Wildman–Crippen MR) is 105 cm³/mol. The first-order valence-corrected chi connectivity index (χ1v) is 8.39. The molecule has 2 atom stereocenters. The van der Waals surface area contributed by atoms with Gasteiger partial charge in [0.1, 0.15) is 5.82 Å². The van der Waals surface area contributed by atoms with Crippen molar-refractivity contribution in [3.8, 4) is 0 Å². The normalized spacial score (nSPS) is 19.6. The van der Waals surface area contributed by atoms with Gasteiger partial charge in [0.2, 0.25) is 0 Å². The van der Waals surface area contributed by atoms with Crippen molar-refractivity contribution < 1.29 is 4.79 Å². The van der Waals surface area contributed by atoms with Crippen molar-refractivity contribution >= 4 is 36.5 Å². The van der Waals surface area contributed by atoms with Crippen LogP contribution in [0.3, 0.4) is 0 Å². The van der Waals surface area contributed by atoms with Crippen molar-refractivity contribution in [2.45, 2.75) is 52.1 Å². The Morgan fingerprint density at radius 3 is 2.67 bits per heavy atom. The molecule has 2 N–H and O–H groups in total. The van der Waals surface area contributed by atoms with Crippen molar-refractivity contribution in [2.24, 2.45) is 0 Å². The van der Waals surface area contributed by atoms with Gasteiger partial charge in [-0.3, -0.25) is 4.79 Å². The maximum Gasteiger partial charge on any atom is 0.253 e. The van der Waals surface area contributed by atoms with Gasteiger partial charge < -0.3 is 15.5 Å². The number of carbonyl (C=O) groups excluding carboxylic acids is 1. The molecule has 1 aromatic heterocycles. The molecule has 2 rings (SSSR count). The first-order chi connectivity index (χ1) is 10.6. The summed E-state index contributed by atoms with van der Waals surface area (Å²) >= 11 is 0. The fourth-order valence-electron chi connectivity index (χ4n) is 2.94. The number of hydrogen-bond donors (Lipinski definition) is 2. The molecule has 2 heterocycles. The number of hydrogen-bond acceptors (Lipinski definition) is 4. The molecule has 2 unspecified atom stereocenters. The molecule has 24 heavy (non-hydrogen) atoms. The second-order valence-corrected chi connectivity index (χ2v) is 6.03. The van der Waals surface area contributed by atoms with E-state index in [-0.39, 0.29) is 36.8 Å². The van der Waals surface area contributed by atoms with Crippen molar-refractivity contribution in [3.63, 3.8) is 0 Å². The lowest BCUT2D eigenvalue weighted by Gasteiger charge is -2.28. The Kier molecular flexibility index (Phi) is 11.0. The minimum absolute atomic E-state index is 0. The quantitative estimate of drug-likeness (QED) is 0.800. The summed E-state index contributed by atoms with van der Waals surface area (Å²) in [5.41, 5.74) is 0.641. The van der Waals surface area contributed by atoms with Gasteiger partial charge >= 0.3 is 0 Å². The third-order valence-corrected chi connectivity index (χ3v) is 4.17. The van der Waals surface area contributed by atoms with E-state index in [1.54, 1.807) is 6.20 Å². The first kappa shape index (κ1) is 23.0. The Morgan fingerprint density at radius 2 is 2.12 bits per heavy atom. The average molecular weight is 377 g/mol. The van der Waals surface area contributed by atoms with Crippen molar-refractivity contribution in [2.75, 3.05) is 24.5 Å². The Labute approximate surface area is 157 Å². The number of rotatable bonds is 6. The van der Waals surface area contributed by atoms with Crippen molar-refractivity contribution in [1.82, 2.24) is 15.6 Å². The molecule has 1 aliphatic heterocycles. The molecule has 0 aliphatic carbocycles. The monoisotopic (exact) mass is 376 g/mol. The van der Waals surface area contributed by atoms with Crippen LogP contribution in [0.25, 0.3) is 0 Å². The number of carbonyl (C=O) groups is 1. The van der Waals surface area contributed by atoms with E-state index in [2.05, 4.69) is 41.3 Å². The van der Waals surface area contributed by atoms with Crippen LogP contribution >= 0.6 is 24.8 Å². The molecule has 0 radical (unpaired) electrons. The first-order valence-electron chi connectivity index (χ1n) is 8.39. The van der Waals surface area contributed by atoms with Gasteiger partial charge in [0.25, 0.3) is 5.91 Å². The summed E-state index contributed by atoms with van der Waals surface area (Å²) in [5, 5.41) is 6.51. The van der Waals surface area contributed by atoms with Gasteiger partial charge in [-0.2, -0.15) is 0 Å². The highest BCUT2D eigenvalue weighted by atomic mass is 35.5. The van der Waals surface area contributed by atoms with Crippen LogP contribution in [0.5, 0.6) is 0 Å². The molecule has 0 saturated carbocycles. The SMILES string of the molecule is CCCN(CC)c1ccc(C(=O)NC2CCNC(C)C2)cn1.Cl.Cl.